The summed E-state index contributed by atoms with van der Waals surface area (Å²) in [6.07, 6.45) is 5.73. The number of fused-ring (bicyclic) bond motifs is 2. The molecule has 2 heteroatoms. The van der Waals surface area contributed by atoms with Gasteiger partial charge in [-0.2, -0.15) is 0 Å². The van der Waals surface area contributed by atoms with Crippen molar-refractivity contribution in [3.63, 3.8) is 0 Å². The first-order valence-corrected chi connectivity index (χ1v) is 5.40. The zero-order valence-electron chi connectivity index (χ0n) is 7.63. The van der Waals surface area contributed by atoms with Crippen LogP contribution in [-0.2, 0) is 0 Å². The summed E-state index contributed by atoms with van der Waals surface area (Å²) in [6, 6.07) is 1.78. The lowest BCUT2D eigenvalue weighted by Crippen LogP contribution is -2.44. The predicted molar refractivity (Wildman–Crippen MR) is 49.1 cm³/mol. The van der Waals surface area contributed by atoms with Crippen molar-refractivity contribution in [1.29, 1.82) is 0 Å². The number of piperidine rings is 1. The van der Waals surface area contributed by atoms with Crippen molar-refractivity contribution in [3.8, 4) is 0 Å². The third-order valence-electron chi connectivity index (χ3n) is 3.66. The quantitative estimate of drug-likeness (QED) is 0.654. The van der Waals surface area contributed by atoms with E-state index in [1.54, 1.807) is 0 Å². The van der Waals surface area contributed by atoms with E-state index in [9.17, 15) is 0 Å². The number of hydrogen-bond donors (Lipinski definition) is 1. The van der Waals surface area contributed by atoms with Gasteiger partial charge in [-0.1, -0.05) is 0 Å². The van der Waals surface area contributed by atoms with Gasteiger partial charge in [-0.25, -0.2) is 0 Å². The van der Waals surface area contributed by atoms with Crippen molar-refractivity contribution >= 4 is 0 Å². The van der Waals surface area contributed by atoms with E-state index in [1.807, 2.05) is 0 Å². The summed E-state index contributed by atoms with van der Waals surface area (Å²) >= 11 is 0. The van der Waals surface area contributed by atoms with Gasteiger partial charge in [-0.3, -0.25) is 0 Å². The predicted octanol–water partition coefficient (Wildman–Crippen LogP) is 0.833. The summed E-state index contributed by atoms with van der Waals surface area (Å²) in [5.74, 6) is 0.986. The van der Waals surface area contributed by atoms with Gasteiger partial charge in [0.05, 0.1) is 0 Å². The minimum absolute atomic E-state index is 0.872. The highest BCUT2D eigenvalue weighted by atomic mass is 15.2. The molecule has 0 aromatic heterocycles. The molecule has 1 saturated carbocycles. The highest BCUT2D eigenvalue weighted by molar-refractivity contribution is 4.94. The van der Waals surface area contributed by atoms with Gasteiger partial charge >= 0.3 is 0 Å². The fourth-order valence-corrected chi connectivity index (χ4v) is 2.72. The summed E-state index contributed by atoms with van der Waals surface area (Å²) in [4.78, 5) is 2.62. The molecule has 1 N–H and O–H groups in total. The maximum absolute atomic E-state index is 3.79. The second kappa shape index (κ2) is 2.71. The maximum Gasteiger partial charge on any atom is 0.0123 e. The van der Waals surface area contributed by atoms with Crippen LogP contribution in [0.4, 0.5) is 0 Å². The Labute approximate surface area is 74.3 Å². The van der Waals surface area contributed by atoms with Gasteiger partial charge in [0.15, 0.2) is 0 Å². The Morgan fingerprint density at radius 3 is 2.67 bits per heavy atom. The van der Waals surface area contributed by atoms with Crippen molar-refractivity contribution in [3.05, 3.63) is 0 Å². The van der Waals surface area contributed by atoms with E-state index in [4.69, 9.17) is 0 Å². The third-order valence-corrected chi connectivity index (χ3v) is 3.66. The highest BCUT2D eigenvalue weighted by Gasteiger charge is 2.36. The molecule has 12 heavy (non-hydrogen) atoms. The molecule has 1 aliphatic carbocycles. The van der Waals surface area contributed by atoms with Gasteiger partial charge in [-0.05, 0) is 44.7 Å². The summed E-state index contributed by atoms with van der Waals surface area (Å²) in [6.45, 7) is 4.10. The number of nitrogens with zero attached hydrogens (tertiary/aromatic N) is 1. The van der Waals surface area contributed by atoms with Crippen LogP contribution in [0.3, 0.4) is 0 Å². The Morgan fingerprint density at radius 2 is 1.83 bits per heavy atom. The number of hydrogen-bond acceptors (Lipinski definition) is 2. The molecule has 2 heterocycles. The molecule has 3 fully saturated rings. The fourth-order valence-electron chi connectivity index (χ4n) is 2.72. The van der Waals surface area contributed by atoms with E-state index in [2.05, 4.69) is 10.2 Å². The minimum Gasteiger partial charge on any atom is -0.311 e. The Morgan fingerprint density at radius 1 is 1.00 bits per heavy atom. The van der Waals surface area contributed by atoms with Gasteiger partial charge < -0.3 is 10.2 Å². The van der Waals surface area contributed by atoms with E-state index >= 15 is 0 Å². The summed E-state index contributed by atoms with van der Waals surface area (Å²) in [7, 11) is 0. The fraction of sp³-hybridized carbons (Fsp3) is 1.00. The second-order valence-corrected chi connectivity index (χ2v) is 4.69. The minimum atomic E-state index is 0.872. The molecule has 3 unspecified atom stereocenters. The normalized spacial score (nSPS) is 46.5. The van der Waals surface area contributed by atoms with Crippen LogP contribution >= 0.6 is 0 Å². The molecule has 0 amide bonds. The standard InChI is InChI=1S/C10H18N2/c1-2-9(1)11-10-4-6-12-5-3-8(10)7-12/h8-11H,1-7H2. The lowest BCUT2D eigenvalue weighted by Gasteiger charge is -2.31. The summed E-state index contributed by atoms with van der Waals surface area (Å²) in [5.41, 5.74) is 0. The first-order chi connectivity index (χ1) is 5.92. The smallest absolute Gasteiger partial charge is 0.0123 e. The van der Waals surface area contributed by atoms with Crippen LogP contribution in [0.5, 0.6) is 0 Å². The Balaban J connectivity index is 1.62. The molecule has 2 bridgehead atoms. The van der Waals surface area contributed by atoms with Gasteiger partial charge in [0, 0.05) is 18.6 Å². The van der Waals surface area contributed by atoms with Crippen LogP contribution in [0.2, 0.25) is 0 Å². The van der Waals surface area contributed by atoms with Crippen molar-refractivity contribution < 1.29 is 0 Å². The molecule has 2 aliphatic heterocycles. The number of nitrogens with one attached hydrogen (secondary N) is 1. The van der Waals surface area contributed by atoms with Crippen LogP contribution in [0.15, 0.2) is 0 Å². The van der Waals surface area contributed by atoms with E-state index in [1.165, 1.54) is 45.3 Å². The van der Waals surface area contributed by atoms with Gasteiger partial charge in [0.1, 0.15) is 0 Å². The molecular formula is C10H18N2. The van der Waals surface area contributed by atoms with Crippen LogP contribution in [0.25, 0.3) is 0 Å². The molecule has 0 radical (unpaired) electrons. The highest BCUT2D eigenvalue weighted by Crippen LogP contribution is 2.30. The van der Waals surface area contributed by atoms with Gasteiger partial charge in [-0.15, -0.1) is 0 Å². The zero-order valence-corrected chi connectivity index (χ0v) is 7.63. The average Bonchev–Trinajstić information content (AvgIpc) is 2.82. The summed E-state index contributed by atoms with van der Waals surface area (Å²) < 4.78 is 0. The van der Waals surface area contributed by atoms with E-state index < -0.39 is 0 Å². The lowest BCUT2D eigenvalue weighted by atomic mass is 9.94. The van der Waals surface area contributed by atoms with Crippen molar-refractivity contribution in [2.24, 2.45) is 5.92 Å². The second-order valence-electron chi connectivity index (χ2n) is 4.69. The average molecular weight is 166 g/mol. The zero-order chi connectivity index (χ0) is 7.97. The molecule has 3 rings (SSSR count). The number of rotatable bonds is 2. The topological polar surface area (TPSA) is 15.3 Å². The Bertz CT molecular complexity index is 177. The molecule has 0 spiro atoms. The maximum atomic E-state index is 3.79. The van der Waals surface area contributed by atoms with Gasteiger partial charge in [0.2, 0.25) is 0 Å². The molecule has 3 aliphatic rings. The van der Waals surface area contributed by atoms with E-state index in [-0.39, 0.29) is 0 Å². The van der Waals surface area contributed by atoms with Crippen molar-refractivity contribution in [2.75, 3.05) is 19.6 Å². The van der Waals surface area contributed by atoms with Crippen LogP contribution in [0, 0.1) is 5.92 Å². The summed E-state index contributed by atoms with van der Waals surface area (Å²) in [5, 5.41) is 3.79. The molecule has 0 aromatic rings. The first-order valence-electron chi connectivity index (χ1n) is 5.40. The van der Waals surface area contributed by atoms with Crippen LogP contribution in [0.1, 0.15) is 25.7 Å². The molecule has 3 atom stereocenters. The molecule has 68 valence electrons. The molecular weight excluding hydrogens is 148 g/mol. The van der Waals surface area contributed by atoms with Crippen LogP contribution < -0.4 is 5.32 Å². The SMILES string of the molecule is C1CC1NC1CCN2CCC1C2. The molecule has 0 aromatic carbocycles. The van der Waals surface area contributed by atoms with E-state index in [0.717, 1.165) is 18.0 Å². The largest absolute Gasteiger partial charge is 0.311 e. The Hall–Kier alpha value is -0.0800. The van der Waals surface area contributed by atoms with Crippen molar-refractivity contribution in [2.45, 2.75) is 37.8 Å². The third kappa shape index (κ3) is 1.27. The first kappa shape index (κ1) is 7.34. The lowest BCUT2D eigenvalue weighted by molar-refractivity contribution is 0.220. The Kier molecular flexibility index (Phi) is 1.66. The molecule has 2 saturated heterocycles. The van der Waals surface area contributed by atoms with Crippen LogP contribution in [-0.4, -0.2) is 36.6 Å². The van der Waals surface area contributed by atoms with E-state index in [0.29, 0.717) is 0 Å². The molecule has 2 nitrogen and oxygen atoms in total. The van der Waals surface area contributed by atoms with Gasteiger partial charge in [0.25, 0.3) is 0 Å². The monoisotopic (exact) mass is 166 g/mol. The van der Waals surface area contributed by atoms with Crippen molar-refractivity contribution in [1.82, 2.24) is 10.2 Å².